The molecule has 0 saturated carbocycles. The summed E-state index contributed by atoms with van der Waals surface area (Å²) in [7, 11) is -5.28. The first-order valence-electron chi connectivity index (χ1n) is 40.8. The summed E-state index contributed by atoms with van der Waals surface area (Å²) in [5, 5.41) is 0. The third-order valence-electron chi connectivity index (χ3n) is 21.5. The molecule has 7 rings (SSSR count). The molecular weight excluding hydrogens is 1560 g/mol. The number of terminal acetylenes is 2. The van der Waals surface area contributed by atoms with Crippen molar-refractivity contribution in [2.24, 2.45) is 0 Å². The van der Waals surface area contributed by atoms with Gasteiger partial charge in [0.2, 0.25) is 0 Å². The molecule has 0 amide bonds. The number of nitrogens with zero attached hydrogens (tertiary/aromatic N) is 4. The highest BCUT2D eigenvalue weighted by atomic mass is 127. The van der Waals surface area contributed by atoms with Crippen molar-refractivity contribution < 1.29 is 0 Å². The lowest BCUT2D eigenvalue weighted by Crippen LogP contribution is -2.43. The summed E-state index contributed by atoms with van der Waals surface area (Å²) in [5.74, 6) is 50.7. The fourth-order valence-corrected chi connectivity index (χ4v) is 33.5. The molecule has 0 aliphatic rings. The van der Waals surface area contributed by atoms with Gasteiger partial charge in [0.15, 0.2) is 0 Å². The molecule has 0 aliphatic carbocycles. The number of hydrogen-bond donors (Lipinski definition) is 0. The van der Waals surface area contributed by atoms with Crippen LogP contribution in [0.3, 0.4) is 0 Å². The second kappa shape index (κ2) is 48.2. The van der Waals surface area contributed by atoms with Crippen molar-refractivity contribution in [2.45, 2.75) is 301 Å². The van der Waals surface area contributed by atoms with Crippen LogP contribution in [0.4, 0.5) is 0 Å². The normalized spacial score (nSPS) is 11.8. The quantitative estimate of drug-likeness (QED) is 0.0409. The Morgan fingerprint density at radius 3 is 0.714 bits per heavy atom. The highest BCUT2D eigenvalue weighted by Crippen LogP contribution is 2.43. The summed E-state index contributed by atoms with van der Waals surface area (Å²) in [5.41, 5.74) is 35.4. The van der Waals surface area contributed by atoms with Gasteiger partial charge in [-0.25, -0.2) is 0 Å². The summed E-state index contributed by atoms with van der Waals surface area (Å²) in [6.45, 7) is 55.8. The number of benzene rings is 5. The van der Waals surface area contributed by atoms with Crippen molar-refractivity contribution in [1.29, 1.82) is 0 Å². The molecule has 0 atom stereocenters. The van der Waals surface area contributed by atoms with E-state index in [4.69, 9.17) is 21.6 Å². The minimum absolute atomic E-state index is 0. The van der Waals surface area contributed by atoms with Gasteiger partial charge in [0, 0.05) is 64.8 Å². The molecule has 586 valence electrons. The zero-order valence-corrected chi connectivity index (χ0v) is 78.3. The van der Waals surface area contributed by atoms with Gasteiger partial charge < -0.3 is 0 Å². The van der Waals surface area contributed by atoms with E-state index in [1.165, 1.54) is 27.3 Å². The summed E-state index contributed by atoms with van der Waals surface area (Å²) in [6, 6.07) is 33.2. The molecule has 0 saturated heterocycles. The molecule has 2 aromatic heterocycles. The van der Waals surface area contributed by atoms with Crippen LogP contribution in [0.15, 0.2) is 129 Å². The largest absolute Gasteiger partial charge is 0.172 e. The van der Waals surface area contributed by atoms with Crippen LogP contribution in [-0.2, 0) is 0 Å². The smallest absolute Gasteiger partial charge is 0.146 e. The molecule has 0 aliphatic heterocycles. The topological polar surface area (TPSA) is 51.6 Å². The summed E-state index contributed by atoms with van der Waals surface area (Å²) < 4.78 is 19.1. The Morgan fingerprint density at radius 2 is 0.491 bits per heavy atom. The maximum absolute atomic E-state index is 5.30. The van der Waals surface area contributed by atoms with Crippen molar-refractivity contribution >= 4 is 92.3 Å². The van der Waals surface area contributed by atoms with Crippen LogP contribution in [0.25, 0.3) is 22.1 Å². The van der Waals surface area contributed by atoms with E-state index in [0.717, 1.165) is 182 Å². The second-order valence-electron chi connectivity index (χ2n) is 31.8. The highest BCUT2D eigenvalue weighted by molar-refractivity contribution is 14.1. The summed E-state index contributed by atoms with van der Waals surface area (Å²) in [4.78, 5) is 0. The lowest BCUT2D eigenvalue weighted by molar-refractivity contribution is 0.838. The Balaban J connectivity index is 0.000000498. The van der Waals surface area contributed by atoms with Crippen LogP contribution < -0.4 is 0 Å². The van der Waals surface area contributed by atoms with E-state index in [2.05, 4.69) is 388 Å². The highest BCUT2D eigenvalue weighted by Gasteiger charge is 2.44. The van der Waals surface area contributed by atoms with E-state index in [1.807, 2.05) is 0 Å². The first kappa shape index (κ1) is 96.3. The van der Waals surface area contributed by atoms with Crippen molar-refractivity contribution in [1.82, 2.24) is 17.5 Å². The molecule has 0 spiro atoms. The lowest BCUT2D eigenvalue weighted by atomic mass is 9.98. The van der Waals surface area contributed by atoms with Gasteiger partial charge in [-0.2, -0.15) is 17.5 Å². The molecule has 0 fully saturated rings. The van der Waals surface area contributed by atoms with E-state index in [9.17, 15) is 0 Å². The number of hydrogen-bond acceptors (Lipinski definition) is 6. The molecule has 5 aromatic carbocycles. The molecule has 4 nitrogen and oxygen atoms in total. The zero-order chi connectivity index (χ0) is 82.0. The monoisotopic (exact) mass is 1680 g/mol. The van der Waals surface area contributed by atoms with Crippen LogP contribution in [0, 0.1) is 118 Å². The third kappa shape index (κ3) is 26.2. The molecule has 0 bridgehead atoms. The Kier molecular flexibility index (Phi) is 41.5. The fraction of sp³-hybridized carbons (Fsp3) is 0.451. The predicted octanol–water partition coefficient (Wildman–Crippen LogP) is 28.6. The Bertz CT molecular complexity index is 4690. The zero-order valence-electron chi connectivity index (χ0n) is 71.6. The van der Waals surface area contributed by atoms with Crippen molar-refractivity contribution in [3.05, 3.63) is 184 Å². The number of rotatable bonds is 21. The van der Waals surface area contributed by atoms with Crippen LogP contribution in [-0.4, -0.2) is 41.7 Å². The minimum atomic E-state index is -1.80. The lowest BCUT2D eigenvalue weighted by Gasteiger charge is -2.38. The van der Waals surface area contributed by atoms with Gasteiger partial charge >= 0.3 is 0 Å². The van der Waals surface area contributed by atoms with Crippen LogP contribution in [0.1, 0.15) is 306 Å². The van der Waals surface area contributed by atoms with Gasteiger partial charge in [-0.3, -0.25) is 0 Å². The predicted molar refractivity (Wildman–Crippen MR) is 509 cm³/mol. The standard InChI is InChI=1S/C64H80N2SSi2.C27H39ISi.C10H4N2S.CH4/c1-17-21-57(35-33-53-25-29-55(30-26-53)43-45-68(47(5)6,48(7)8)49(9)10)59(23-19-3)37-39-61-41-42-62(64-63(61)65-67-66-64)40-38-60(24-20-4)58(22-18-2)36-34-54-27-31-56(32-28-54)44-46-69(50(11)12,51(13)14)52(15)16;1-9-11-26(27(28)12-10-2)18-17-24-13-15-25(16-14-24)19-20-29(21(3)4,22(5)6)23(7)8;1-3-7-5-6-8(4-2)10-9(7)11-13-12-10;/h25-32,41-42,47-52H,17-24H2,1-16H3;13-16,21-23H,9-12H2,1-8H3;1-2,5-6H;1H4/b59-57+,60-58+;27-26+;;. The number of allylic oxidation sites excluding steroid dienone is 6. The first-order valence-corrected chi connectivity index (χ1v) is 50.0. The van der Waals surface area contributed by atoms with Crippen LogP contribution >= 0.6 is 46.0 Å². The van der Waals surface area contributed by atoms with Gasteiger partial charge in [-0.05, 0) is 208 Å². The molecule has 10 heteroatoms. The van der Waals surface area contributed by atoms with Crippen molar-refractivity contribution in [3.8, 4) is 118 Å². The number of halogens is 1. The van der Waals surface area contributed by atoms with Gasteiger partial charge in [0.1, 0.15) is 46.3 Å². The third-order valence-corrected chi connectivity index (χ3v) is 42.6. The Hall–Kier alpha value is -8.06. The number of fused-ring (bicyclic) bond motifs is 2. The SMILES string of the molecule is C.C#Cc1ccc(C#C)c2nsnc12.CCC/C(C#Cc1ccc(C#C[Si](C(C)C)(C(C)C)C(C)C)cc1)=C(\C#Cc1ccc(C#C/C(CCC)=C(/C#Cc2ccc(C#C[Si](C(C)C)(C(C)C)C(C)C)cc2)CCC)c2nsnc12)CCC.CCC/C(I)=C(\C#Cc1ccc(C#C[Si](C(C)C)(C(C)C)C(C)C)cc1)CCC. The van der Waals surface area contributed by atoms with Crippen molar-refractivity contribution in [2.75, 3.05) is 0 Å². The molecule has 0 unspecified atom stereocenters. The molecular formula is C102H127IN4S2Si3. The van der Waals surface area contributed by atoms with Gasteiger partial charge in [-0.15, -0.1) is 29.5 Å². The maximum atomic E-state index is 5.30. The number of aromatic nitrogens is 4. The minimum Gasteiger partial charge on any atom is -0.172 e. The van der Waals surface area contributed by atoms with Crippen LogP contribution in [0.5, 0.6) is 0 Å². The van der Waals surface area contributed by atoms with E-state index in [1.54, 1.807) is 12.1 Å². The average molecular weight is 1680 g/mol. The Morgan fingerprint density at radius 1 is 0.295 bits per heavy atom. The van der Waals surface area contributed by atoms with Gasteiger partial charge in [0.25, 0.3) is 0 Å². The van der Waals surface area contributed by atoms with E-state index in [0.29, 0.717) is 49.9 Å². The van der Waals surface area contributed by atoms with Gasteiger partial charge in [-0.1, -0.05) is 301 Å². The molecule has 0 radical (unpaired) electrons. The Labute approximate surface area is 706 Å². The van der Waals surface area contributed by atoms with Crippen LogP contribution in [0.2, 0.25) is 49.9 Å². The van der Waals surface area contributed by atoms with Crippen molar-refractivity contribution in [3.63, 3.8) is 0 Å². The molecule has 7 aromatic rings. The average Bonchev–Trinajstić information content (AvgIpc) is 1.23. The summed E-state index contributed by atoms with van der Waals surface area (Å²) >= 11 is 4.80. The van der Waals surface area contributed by atoms with E-state index >= 15 is 0 Å². The fourth-order valence-electron chi connectivity index (χ4n) is 15.7. The molecule has 2 heterocycles. The summed E-state index contributed by atoms with van der Waals surface area (Å²) in [6.07, 6.45) is 22.6. The van der Waals surface area contributed by atoms with E-state index in [-0.39, 0.29) is 7.43 Å². The second-order valence-corrected chi connectivity index (χ2v) is 50.9. The molecule has 112 heavy (non-hydrogen) atoms. The van der Waals surface area contributed by atoms with E-state index < -0.39 is 24.2 Å². The maximum Gasteiger partial charge on any atom is 0.146 e. The molecule has 0 N–H and O–H groups in total. The first-order chi connectivity index (χ1) is 53.0. The van der Waals surface area contributed by atoms with Gasteiger partial charge in [0.05, 0.1) is 45.7 Å².